The third-order valence-electron chi connectivity index (χ3n) is 4.41. The zero-order valence-electron chi connectivity index (χ0n) is 14.3. The molecule has 0 aliphatic carbocycles. The highest BCUT2D eigenvalue weighted by Gasteiger charge is 2.46. The van der Waals surface area contributed by atoms with E-state index in [1.54, 1.807) is 24.1 Å². The summed E-state index contributed by atoms with van der Waals surface area (Å²) in [6.07, 6.45) is -1.34. The topological polar surface area (TPSA) is 138 Å². The van der Waals surface area contributed by atoms with Crippen LogP contribution in [0, 0.1) is 0 Å². The first kappa shape index (κ1) is 18.5. The number of aromatic carboxylic acids is 1. The summed E-state index contributed by atoms with van der Waals surface area (Å²) in [6, 6.07) is 5.85. The van der Waals surface area contributed by atoms with E-state index in [1.165, 1.54) is 12.1 Å². The molecule has 6 N–H and O–H groups in total. The molecule has 142 valence electrons. The first-order valence-electron chi connectivity index (χ1n) is 8.27. The Morgan fingerprint density at radius 2 is 2.00 bits per heavy atom. The van der Waals surface area contributed by atoms with E-state index < -0.39 is 18.5 Å². The van der Waals surface area contributed by atoms with Gasteiger partial charge < -0.3 is 30.5 Å². The van der Waals surface area contributed by atoms with E-state index in [0.29, 0.717) is 19.8 Å². The highest BCUT2D eigenvalue weighted by molar-refractivity contribution is 5.87. The molecular weight excluding hydrogens is 342 g/mol. The van der Waals surface area contributed by atoms with Gasteiger partial charge in [0.05, 0.1) is 31.0 Å². The van der Waals surface area contributed by atoms with Crippen molar-refractivity contribution in [3.05, 3.63) is 35.4 Å². The number of ether oxygens (including phenoxy) is 2. The number of hydrogen-bond acceptors (Lipinski definition) is 7. The van der Waals surface area contributed by atoms with E-state index in [4.69, 9.17) is 20.3 Å². The fraction of sp³-hybridized carbons (Fsp3) is 0.500. The summed E-state index contributed by atoms with van der Waals surface area (Å²) in [5.41, 5.74) is 7.13. The number of carbonyl (C=O) groups excluding carboxylic acids is 1. The summed E-state index contributed by atoms with van der Waals surface area (Å²) in [5, 5.41) is 18.1. The Hall–Kier alpha value is -2.24. The maximum Gasteiger partial charge on any atom is 0.335 e. The average Bonchev–Trinajstić information content (AvgIpc) is 2.92. The minimum absolute atomic E-state index is 0.200. The molecule has 0 spiro atoms. The van der Waals surface area contributed by atoms with Crippen molar-refractivity contribution in [2.24, 2.45) is 5.73 Å². The highest BCUT2D eigenvalue weighted by Crippen LogP contribution is 2.20. The van der Waals surface area contributed by atoms with Crippen LogP contribution in [0.2, 0.25) is 0 Å². The van der Waals surface area contributed by atoms with Crippen LogP contribution in [-0.2, 0) is 16.0 Å². The number of carboxylic acid groups (broad SMARTS) is 1. The Bertz CT molecular complexity index is 655. The van der Waals surface area contributed by atoms with Crippen LogP contribution in [0.3, 0.4) is 0 Å². The first-order chi connectivity index (χ1) is 12.5. The number of urea groups is 1. The van der Waals surface area contributed by atoms with Gasteiger partial charge in [0.15, 0.2) is 6.35 Å². The van der Waals surface area contributed by atoms with E-state index >= 15 is 0 Å². The molecule has 2 aliphatic heterocycles. The molecular formula is C16H23N5O5. The summed E-state index contributed by atoms with van der Waals surface area (Å²) < 4.78 is 10.6. The molecule has 0 radical (unpaired) electrons. The Labute approximate surface area is 150 Å². The summed E-state index contributed by atoms with van der Waals surface area (Å²) in [5.74, 6) is -0.988. The molecule has 26 heavy (non-hydrogen) atoms. The normalized spacial score (nSPS) is 27.9. The number of benzene rings is 1. The molecule has 2 fully saturated rings. The number of carboxylic acids is 1. The largest absolute Gasteiger partial charge is 0.478 e. The number of hydrogen-bond donors (Lipinski definition) is 5. The van der Waals surface area contributed by atoms with Crippen LogP contribution in [-0.4, -0.2) is 67.1 Å². The van der Waals surface area contributed by atoms with Gasteiger partial charge in [0.25, 0.3) is 0 Å². The average molecular weight is 365 g/mol. The second-order valence-corrected chi connectivity index (χ2v) is 6.15. The first-order valence-corrected chi connectivity index (χ1v) is 8.27. The summed E-state index contributed by atoms with van der Waals surface area (Å²) in [7, 11) is 1.59. The van der Waals surface area contributed by atoms with Crippen molar-refractivity contribution in [1.29, 1.82) is 0 Å². The van der Waals surface area contributed by atoms with Gasteiger partial charge in [-0.25, -0.2) is 9.59 Å². The van der Waals surface area contributed by atoms with Gasteiger partial charge in [-0.1, -0.05) is 12.1 Å². The maximum atomic E-state index is 12.4. The van der Waals surface area contributed by atoms with Crippen molar-refractivity contribution in [3.63, 3.8) is 0 Å². The summed E-state index contributed by atoms with van der Waals surface area (Å²) in [4.78, 5) is 24.9. The molecule has 2 amide bonds. The second kappa shape index (κ2) is 7.98. The van der Waals surface area contributed by atoms with Crippen molar-refractivity contribution in [3.8, 4) is 0 Å². The number of nitrogens with one attached hydrogen (secondary N) is 3. The van der Waals surface area contributed by atoms with Gasteiger partial charge >= 0.3 is 12.0 Å². The Kier molecular flexibility index (Phi) is 5.69. The van der Waals surface area contributed by atoms with Crippen molar-refractivity contribution in [2.45, 2.75) is 31.3 Å². The van der Waals surface area contributed by atoms with Gasteiger partial charge in [0.2, 0.25) is 0 Å². The molecule has 2 heterocycles. The van der Waals surface area contributed by atoms with E-state index in [0.717, 1.165) is 5.56 Å². The SMILES string of the molecule is COCCOC1NC(N)C2NC(=O)N(Cc3ccc(C(=O)O)cc3)C2N1. The molecule has 1 aromatic rings. The molecule has 3 rings (SSSR count). The molecule has 0 bridgehead atoms. The van der Waals surface area contributed by atoms with Gasteiger partial charge in [-0.05, 0) is 17.7 Å². The Balaban J connectivity index is 1.68. The lowest BCUT2D eigenvalue weighted by atomic mass is 10.1. The predicted octanol–water partition coefficient (Wildman–Crippen LogP) is -0.971. The van der Waals surface area contributed by atoms with Crippen molar-refractivity contribution in [1.82, 2.24) is 20.9 Å². The zero-order chi connectivity index (χ0) is 18.7. The number of fused-ring (bicyclic) bond motifs is 1. The molecule has 10 heteroatoms. The molecule has 2 aliphatic rings. The number of amides is 2. The van der Waals surface area contributed by atoms with E-state index in [-0.39, 0.29) is 23.8 Å². The van der Waals surface area contributed by atoms with Crippen LogP contribution in [0.4, 0.5) is 4.79 Å². The van der Waals surface area contributed by atoms with Crippen LogP contribution in [0.15, 0.2) is 24.3 Å². The fourth-order valence-corrected chi connectivity index (χ4v) is 3.05. The van der Waals surface area contributed by atoms with E-state index in [2.05, 4.69) is 16.0 Å². The number of nitrogens with zero attached hydrogens (tertiary/aromatic N) is 1. The van der Waals surface area contributed by atoms with Gasteiger partial charge in [-0.2, -0.15) is 0 Å². The monoisotopic (exact) mass is 365 g/mol. The van der Waals surface area contributed by atoms with Crippen LogP contribution in [0.25, 0.3) is 0 Å². The van der Waals surface area contributed by atoms with E-state index in [9.17, 15) is 9.59 Å². The van der Waals surface area contributed by atoms with Gasteiger partial charge in [-0.15, -0.1) is 0 Å². The van der Waals surface area contributed by atoms with Crippen molar-refractivity contribution >= 4 is 12.0 Å². The molecule has 4 atom stereocenters. The van der Waals surface area contributed by atoms with Crippen LogP contribution >= 0.6 is 0 Å². The number of nitrogens with two attached hydrogens (primary N) is 1. The Morgan fingerprint density at radius 3 is 2.65 bits per heavy atom. The predicted molar refractivity (Wildman–Crippen MR) is 90.9 cm³/mol. The van der Waals surface area contributed by atoms with Crippen molar-refractivity contribution < 1.29 is 24.2 Å². The smallest absolute Gasteiger partial charge is 0.335 e. The minimum Gasteiger partial charge on any atom is -0.478 e. The number of rotatable bonds is 7. The molecule has 2 saturated heterocycles. The van der Waals surface area contributed by atoms with Crippen molar-refractivity contribution in [2.75, 3.05) is 20.3 Å². The quantitative estimate of drug-likeness (QED) is 0.389. The molecule has 10 nitrogen and oxygen atoms in total. The highest BCUT2D eigenvalue weighted by atomic mass is 16.5. The lowest BCUT2D eigenvalue weighted by Crippen LogP contribution is -2.72. The third kappa shape index (κ3) is 3.94. The summed E-state index contributed by atoms with van der Waals surface area (Å²) >= 11 is 0. The third-order valence-corrected chi connectivity index (χ3v) is 4.41. The van der Waals surface area contributed by atoms with Crippen LogP contribution < -0.4 is 21.7 Å². The standard InChI is InChI=1S/C16H23N5O5/c1-25-6-7-26-15-19-12(17)11-13(20-15)21(16(24)18-11)8-9-2-4-10(5-3-9)14(22)23/h2-5,11-13,15,19-20H,6-8,17H2,1H3,(H,18,24)(H,22,23). The van der Waals surface area contributed by atoms with Gasteiger partial charge in [-0.3, -0.25) is 10.6 Å². The minimum atomic E-state index is -0.988. The van der Waals surface area contributed by atoms with Crippen LogP contribution in [0.1, 0.15) is 15.9 Å². The Morgan fingerprint density at radius 1 is 1.27 bits per heavy atom. The van der Waals surface area contributed by atoms with Gasteiger partial charge in [0.1, 0.15) is 6.17 Å². The van der Waals surface area contributed by atoms with Gasteiger partial charge in [0, 0.05) is 13.7 Å². The number of carbonyl (C=O) groups is 2. The maximum absolute atomic E-state index is 12.4. The van der Waals surface area contributed by atoms with Crippen LogP contribution in [0.5, 0.6) is 0 Å². The lowest BCUT2D eigenvalue weighted by molar-refractivity contribution is -0.0615. The van der Waals surface area contributed by atoms with E-state index in [1.807, 2.05) is 0 Å². The number of methoxy groups -OCH3 is 1. The zero-order valence-corrected chi connectivity index (χ0v) is 14.3. The lowest BCUT2D eigenvalue weighted by Gasteiger charge is -2.40. The molecule has 0 aromatic heterocycles. The summed E-state index contributed by atoms with van der Waals surface area (Å²) in [6.45, 7) is 1.14. The fourth-order valence-electron chi connectivity index (χ4n) is 3.05. The second-order valence-electron chi connectivity index (χ2n) is 6.15. The molecule has 4 unspecified atom stereocenters. The molecule has 0 saturated carbocycles. The molecule has 1 aromatic carbocycles.